The minimum atomic E-state index is -3.37. The van der Waals surface area contributed by atoms with E-state index >= 15 is 0 Å². The highest BCUT2D eigenvalue weighted by atomic mass is 35.5. The topological polar surface area (TPSA) is 135 Å². The summed E-state index contributed by atoms with van der Waals surface area (Å²) in [6.07, 6.45) is -0.343. The fourth-order valence-electron chi connectivity index (χ4n) is 3.43. The summed E-state index contributed by atoms with van der Waals surface area (Å²) in [7, 11) is 0. The molecule has 162 valence electrons. The molecular formula is C17H19ClF2N6O4. The first-order valence-corrected chi connectivity index (χ1v) is 9.19. The van der Waals surface area contributed by atoms with E-state index in [1.54, 1.807) is 0 Å². The zero-order valence-electron chi connectivity index (χ0n) is 16.2. The largest absolute Gasteiger partial charge is 0.465 e. The molecule has 13 heteroatoms. The molecule has 1 fully saturated rings. The number of rotatable bonds is 3. The Balaban J connectivity index is 2.01. The van der Waals surface area contributed by atoms with Crippen LogP contribution >= 0.6 is 11.6 Å². The number of carboxylic acid groups (broad SMARTS) is 1. The summed E-state index contributed by atoms with van der Waals surface area (Å²) in [6.45, 7) is 3.44. The fourth-order valence-corrected chi connectivity index (χ4v) is 3.64. The standard InChI is InChI=1S/C17H19ClF2N6O4/c1-16(2,3)26(15(29)30)11-6-25(7-17(11,19)20)10-4-9(23-24-12(10)18)8-5-21-14(28)22-13(8)27/h4-5,11H,6-7H2,1-3H3,(H,29,30)(H2,21,22,27,28). The number of nitrogens with one attached hydrogen (secondary N) is 2. The van der Waals surface area contributed by atoms with E-state index in [0.29, 0.717) is 0 Å². The number of hydrogen-bond donors (Lipinski definition) is 3. The van der Waals surface area contributed by atoms with Gasteiger partial charge in [-0.05, 0) is 26.8 Å². The second-order valence-electron chi connectivity index (χ2n) is 7.87. The number of nitrogens with zero attached hydrogens (tertiary/aromatic N) is 4. The molecule has 1 amide bonds. The van der Waals surface area contributed by atoms with Crippen molar-refractivity contribution >= 4 is 23.4 Å². The van der Waals surface area contributed by atoms with E-state index in [2.05, 4.69) is 15.2 Å². The molecule has 1 aliphatic heterocycles. The molecule has 0 aromatic carbocycles. The molecule has 30 heavy (non-hydrogen) atoms. The first kappa shape index (κ1) is 21.7. The van der Waals surface area contributed by atoms with E-state index in [1.165, 1.54) is 31.7 Å². The monoisotopic (exact) mass is 444 g/mol. The molecule has 0 aliphatic carbocycles. The van der Waals surface area contributed by atoms with E-state index in [9.17, 15) is 28.3 Å². The molecule has 0 spiro atoms. The number of alkyl halides is 2. The van der Waals surface area contributed by atoms with Crippen LogP contribution in [0.2, 0.25) is 5.15 Å². The molecule has 1 atom stereocenters. The maximum absolute atomic E-state index is 14.8. The Morgan fingerprint density at radius 1 is 1.37 bits per heavy atom. The maximum Gasteiger partial charge on any atom is 0.408 e. The number of halogens is 3. The zero-order chi connectivity index (χ0) is 22.4. The van der Waals surface area contributed by atoms with E-state index in [4.69, 9.17) is 11.6 Å². The van der Waals surface area contributed by atoms with E-state index in [0.717, 1.165) is 11.1 Å². The molecule has 3 N–H and O–H groups in total. The predicted molar refractivity (Wildman–Crippen MR) is 104 cm³/mol. The van der Waals surface area contributed by atoms with Crippen molar-refractivity contribution in [2.24, 2.45) is 0 Å². The molecule has 3 rings (SSSR count). The van der Waals surface area contributed by atoms with Gasteiger partial charge >= 0.3 is 11.8 Å². The smallest absolute Gasteiger partial charge is 0.408 e. The van der Waals surface area contributed by atoms with Crippen LogP contribution in [0, 0.1) is 0 Å². The molecule has 1 saturated heterocycles. The van der Waals surface area contributed by atoms with Gasteiger partial charge in [0, 0.05) is 18.3 Å². The van der Waals surface area contributed by atoms with E-state index in [-0.39, 0.29) is 28.6 Å². The molecule has 2 aromatic rings. The van der Waals surface area contributed by atoms with Gasteiger partial charge in [-0.15, -0.1) is 10.2 Å². The van der Waals surface area contributed by atoms with Gasteiger partial charge in [-0.3, -0.25) is 14.7 Å². The third-order valence-electron chi connectivity index (χ3n) is 4.69. The van der Waals surface area contributed by atoms with Crippen molar-refractivity contribution in [1.82, 2.24) is 25.1 Å². The summed E-state index contributed by atoms with van der Waals surface area (Å²) in [4.78, 5) is 41.1. The fraction of sp³-hybridized carbons (Fsp3) is 0.471. The van der Waals surface area contributed by atoms with Crippen molar-refractivity contribution in [2.75, 3.05) is 18.0 Å². The minimum Gasteiger partial charge on any atom is -0.465 e. The van der Waals surface area contributed by atoms with Crippen LogP contribution in [-0.2, 0) is 0 Å². The Hall–Kier alpha value is -3.02. The molecule has 0 radical (unpaired) electrons. The number of amides is 1. The Kier molecular flexibility index (Phi) is 5.31. The highest BCUT2D eigenvalue weighted by Gasteiger charge is 2.55. The second kappa shape index (κ2) is 7.35. The quantitative estimate of drug-likeness (QED) is 0.656. The average Bonchev–Trinajstić information content (AvgIpc) is 2.89. The second-order valence-corrected chi connectivity index (χ2v) is 8.23. The normalized spacial score (nSPS) is 18.5. The number of carbonyl (C=O) groups is 1. The average molecular weight is 445 g/mol. The zero-order valence-corrected chi connectivity index (χ0v) is 17.0. The lowest BCUT2D eigenvalue weighted by atomic mass is 10.0. The van der Waals surface area contributed by atoms with Crippen LogP contribution in [0.15, 0.2) is 21.9 Å². The molecule has 3 heterocycles. The SMILES string of the molecule is CC(C)(C)N(C(=O)O)C1CN(c2cc(-c3c[nH]c(=O)[nH]c3=O)nnc2Cl)CC1(F)F. The highest BCUT2D eigenvalue weighted by Crippen LogP contribution is 2.39. The molecule has 2 aromatic heterocycles. The van der Waals surface area contributed by atoms with Crippen molar-refractivity contribution in [3.8, 4) is 11.3 Å². The Morgan fingerprint density at radius 3 is 2.60 bits per heavy atom. The number of aromatic amines is 2. The van der Waals surface area contributed by atoms with Crippen molar-refractivity contribution in [2.45, 2.75) is 38.3 Å². The summed E-state index contributed by atoms with van der Waals surface area (Å²) in [6, 6.07) is -0.335. The van der Waals surface area contributed by atoms with Gasteiger partial charge in [0.25, 0.3) is 11.5 Å². The summed E-state index contributed by atoms with van der Waals surface area (Å²) < 4.78 is 29.7. The van der Waals surface area contributed by atoms with Crippen molar-refractivity contribution in [3.05, 3.63) is 38.3 Å². The van der Waals surface area contributed by atoms with Gasteiger partial charge in [-0.1, -0.05) is 11.6 Å². The van der Waals surface area contributed by atoms with Gasteiger partial charge in [0.05, 0.1) is 17.8 Å². The lowest BCUT2D eigenvalue weighted by Crippen LogP contribution is -2.57. The summed E-state index contributed by atoms with van der Waals surface area (Å²) in [5, 5.41) is 16.8. The molecule has 1 aliphatic rings. The maximum atomic E-state index is 14.8. The predicted octanol–water partition coefficient (Wildman–Crippen LogP) is 1.78. The van der Waals surface area contributed by atoms with Crippen molar-refractivity contribution in [3.63, 3.8) is 0 Å². The highest BCUT2D eigenvalue weighted by molar-refractivity contribution is 6.32. The molecular weight excluding hydrogens is 426 g/mol. The lowest BCUT2D eigenvalue weighted by molar-refractivity contribution is -0.0631. The first-order valence-electron chi connectivity index (χ1n) is 8.82. The molecule has 1 unspecified atom stereocenters. The Labute approximate surface area is 173 Å². The van der Waals surface area contributed by atoms with Crippen molar-refractivity contribution in [1.29, 1.82) is 0 Å². The van der Waals surface area contributed by atoms with E-state index in [1.807, 2.05) is 4.98 Å². The van der Waals surface area contributed by atoms with Gasteiger partial charge in [-0.25, -0.2) is 18.4 Å². The molecule has 0 bridgehead atoms. The Morgan fingerprint density at radius 2 is 2.03 bits per heavy atom. The van der Waals surface area contributed by atoms with Gasteiger partial charge in [-0.2, -0.15) is 0 Å². The minimum absolute atomic E-state index is 0.00424. The third-order valence-corrected chi connectivity index (χ3v) is 4.96. The summed E-state index contributed by atoms with van der Waals surface area (Å²) in [5.74, 6) is -3.37. The molecule has 10 nitrogen and oxygen atoms in total. The van der Waals surface area contributed by atoms with Crippen LogP contribution in [0.4, 0.5) is 19.3 Å². The molecule has 0 saturated carbocycles. The first-order chi connectivity index (χ1) is 13.8. The number of anilines is 1. The van der Waals surface area contributed by atoms with Crippen LogP contribution in [0.1, 0.15) is 20.8 Å². The van der Waals surface area contributed by atoms with Gasteiger partial charge in [0.15, 0.2) is 5.15 Å². The number of H-pyrrole nitrogens is 2. The number of hydrogen-bond acceptors (Lipinski definition) is 6. The Bertz CT molecular complexity index is 1100. The van der Waals surface area contributed by atoms with Crippen LogP contribution in [0.5, 0.6) is 0 Å². The third kappa shape index (κ3) is 3.99. The van der Waals surface area contributed by atoms with Gasteiger partial charge in [0.2, 0.25) is 0 Å². The van der Waals surface area contributed by atoms with E-state index < -0.39 is 41.4 Å². The van der Waals surface area contributed by atoms with Crippen LogP contribution in [0.3, 0.4) is 0 Å². The van der Waals surface area contributed by atoms with Crippen LogP contribution < -0.4 is 16.1 Å². The number of aromatic nitrogens is 4. The van der Waals surface area contributed by atoms with Crippen LogP contribution in [0.25, 0.3) is 11.3 Å². The van der Waals surface area contributed by atoms with Crippen molar-refractivity contribution < 1.29 is 18.7 Å². The van der Waals surface area contributed by atoms with Gasteiger partial charge < -0.3 is 15.0 Å². The lowest BCUT2D eigenvalue weighted by Gasteiger charge is -2.39. The summed E-state index contributed by atoms with van der Waals surface area (Å²) >= 11 is 6.07. The van der Waals surface area contributed by atoms with Crippen LogP contribution in [-0.4, -0.2) is 66.9 Å². The van der Waals surface area contributed by atoms with Gasteiger partial charge in [0.1, 0.15) is 11.7 Å². The summed E-state index contributed by atoms with van der Waals surface area (Å²) in [5.41, 5.74) is -2.49.